The highest BCUT2D eigenvalue weighted by molar-refractivity contribution is 6.43. The molecule has 0 aromatic heterocycles. The van der Waals surface area contributed by atoms with Crippen LogP contribution in [0.15, 0.2) is 24.0 Å². The van der Waals surface area contributed by atoms with Gasteiger partial charge in [0.2, 0.25) is 5.76 Å². The van der Waals surface area contributed by atoms with Crippen LogP contribution in [-0.2, 0) is 4.74 Å². The highest BCUT2D eigenvalue weighted by atomic mass is 35.5. The van der Waals surface area contributed by atoms with Crippen molar-refractivity contribution in [2.75, 3.05) is 7.11 Å². The Kier molecular flexibility index (Phi) is 4.49. The summed E-state index contributed by atoms with van der Waals surface area (Å²) in [6, 6.07) is 5.50. The molecule has 0 saturated heterocycles. The van der Waals surface area contributed by atoms with E-state index in [4.69, 9.17) is 28.5 Å². The Morgan fingerprint density at radius 2 is 1.94 bits per heavy atom. The number of hydrogen-bond donors (Lipinski definition) is 0. The number of rotatable bonds is 2. The topological polar surface area (TPSA) is 33.0 Å². The second kappa shape index (κ2) is 5.51. The fraction of sp³-hybridized carbons (Fsp3) is 0.182. The third-order valence-electron chi connectivity index (χ3n) is 2.02. The van der Waals surface area contributed by atoms with Crippen molar-refractivity contribution in [3.8, 4) is 6.07 Å². The van der Waals surface area contributed by atoms with Gasteiger partial charge in [0.25, 0.3) is 0 Å². The summed E-state index contributed by atoms with van der Waals surface area (Å²) in [6.45, 7) is 0. The molecule has 0 aliphatic heterocycles. The van der Waals surface area contributed by atoms with Crippen molar-refractivity contribution in [2.24, 2.45) is 0 Å². The third-order valence-corrected chi connectivity index (χ3v) is 2.84. The number of benzene rings is 1. The quantitative estimate of drug-likeness (QED) is 0.597. The van der Waals surface area contributed by atoms with Gasteiger partial charge in [-0.05, 0) is 6.07 Å². The summed E-state index contributed by atoms with van der Waals surface area (Å²) >= 11 is 11.5. The average Bonchev–Trinajstić information content (AvgIpc) is 2.28. The molecule has 0 unspecified atom stereocenters. The van der Waals surface area contributed by atoms with Gasteiger partial charge in [-0.2, -0.15) is 18.4 Å². The number of nitrogens with zero attached hydrogens (tertiary/aromatic N) is 1. The molecule has 0 spiro atoms. The first kappa shape index (κ1) is 14.7. The summed E-state index contributed by atoms with van der Waals surface area (Å²) in [6.07, 6.45) is -4.79. The van der Waals surface area contributed by atoms with Crippen LogP contribution < -0.4 is 0 Å². The van der Waals surface area contributed by atoms with Crippen molar-refractivity contribution in [3.05, 3.63) is 39.6 Å². The number of alkyl halides is 3. The maximum Gasteiger partial charge on any atom is 0.450 e. The van der Waals surface area contributed by atoms with Gasteiger partial charge in [-0.1, -0.05) is 35.3 Å². The molecule has 0 radical (unpaired) electrons. The van der Waals surface area contributed by atoms with Crippen LogP contribution in [0.4, 0.5) is 13.2 Å². The zero-order valence-corrected chi connectivity index (χ0v) is 10.5. The van der Waals surface area contributed by atoms with Crippen LogP contribution in [0, 0.1) is 11.3 Å². The van der Waals surface area contributed by atoms with Crippen molar-refractivity contribution < 1.29 is 17.9 Å². The Morgan fingerprint density at radius 3 is 2.39 bits per heavy atom. The van der Waals surface area contributed by atoms with E-state index < -0.39 is 17.5 Å². The minimum atomic E-state index is -4.79. The second-order valence-electron chi connectivity index (χ2n) is 3.12. The maximum absolute atomic E-state index is 12.7. The summed E-state index contributed by atoms with van der Waals surface area (Å²) in [5.41, 5.74) is -0.835. The number of allylic oxidation sites excluding steroid dienone is 2. The smallest absolute Gasteiger partial charge is 0.450 e. The van der Waals surface area contributed by atoms with Gasteiger partial charge in [0.1, 0.15) is 11.6 Å². The van der Waals surface area contributed by atoms with Gasteiger partial charge in [-0.25, -0.2) is 0 Å². The molecule has 0 N–H and O–H groups in total. The van der Waals surface area contributed by atoms with E-state index in [2.05, 4.69) is 4.74 Å². The fourth-order valence-electron chi connectivity index (χ4n) is 1.29. The Balaban J connectivity index is 3.57. The van der Waals surface area contributed by atoms with Crippen molar-refractivity contribution in [1.82, 2.24) is 0 Å². The van der Waals surface area contributed by atoms with Gasteiger partial charge < -0.3 is 4.74 Å². The number of hydrogen-bond acceptors (Lipinski definition) is 2. The normalized spacial score (nSPS) is 12.7. The minimum Gasteiger partial charge on any atom is -0.491 e. The largest absolute Gasteiger partial charge is 0.491 e. The first-order chi connectivity index (χ1) is 8.32. The van der Waals surface area contributed by atoms with Crippen LogP contribution in [0.25, 0.3) is 5.57 Å². The molecule has 1 aromatic rings. The lowest BCUT2D eigenvalue weighted by Gasteiger charge is -2.13. The van der Waals surface area contributed by atoms with E-state index in [0.29, 0.717) is 0 Å². The molecule has 0 fully saturated rings. The zero-order chi connectivity index (χ0) is 13.9. The summed E-state index contributed by atoms with van der Waals surface area (Å²) in [4.78, 5) is 0. The molecule has 0 atom stereocenters. The number of ether oxygens (including phenoxy) is 1. The molecule has 0 heterocycles. The predicted molar refractivity (Wildman–Crippen MR) is 62.1 cm³/mol. The molecule has 1 aromatic carbocycles. The number of nitriles is 1. The molecule has 96 valence electrons. The number of methoxy groups -OCH3 is 1. The van der Waals surface area contributed by atoms with Crippen LogP contribution in [0.5, 0.6) is 0 Å². The average molecular weight is 296 g/mol. The van der Waals surface area contributed by atoms with Gasteiger partial charge in [0.05, 0.1) is 17.2 Å². The first-order valence-electron chi connectivity index (χ1n) is 4.52. The van der Waals surface area contributed by atoms with Crippen LogP contribution >= 0.6 is 23.2 Å². The molecule has 0 aliphatic carbocycles. The fourth-order valence-corrected chi connectivity index (χ4v) is 1.68. The summed E-state index contributed by atoms with van der Waals surface area (Å²) in [7, 11) is 0.832. The molecule has 18 heavy (non-hydrogen) atoms. The van der Waals surface area contributed by atoms with Crippen molar-refractivity contribution in [1.29, 1.82) is 5.26 Å². The highest BCUT2D eigenvalue weighted by Gasteiger charge is 2.39. The molecule has 0 amide bonds. The number of halogens is 5. The predicted octanol–water partition coefficient (Wildman–Crippen LogP) is 4.44. The van der Waals surface area contributed by atoms with E-state index in [-0.39, 0.29) is 15.6 Å². The van der Waals surface area contributed by atoms with Gasteiger partial charge in [-0.3, -0.25) is 0 Å². The van der Waals surface area contributed by atoms with Crippen LogP contribution in [-0.4, -0.2) is 13.3 Å². The molecule has 1 rings (SSSR count). The van der Waals surface area contributed by atoms with Crippen LogP contribution in [0.2, 0.25) is 10.0 Å². The first-order valence-corrected chi connectivity index (χ1v) is 5.28. The van der Waals surface area contributed by atoms with Crippen LogP contribution in [0.1, 0.15) is 5.56 Å². The van der Waals surface area contributed by atoms with E-state index >= 15 is 0 Å². The summed E-state index contributed by atoms with van der Waals surface area (Å²) < 4.78 is 42.2. The molecule has 0 saturated carbocycles. The van der Waals surface area contributed by atoms with Crippen molar-refractivity contribution in [2.45, 2.75) is 6.18 Å². The van der Waals surface area contributed by atoms with Gasteiger partial charge in [-0.15, -0.1) is 0 Å². The molecular formula is C11H6Cl2F3NO. The van der Waals surface area contributed by atoms with Crippen molar-refractivity contribution >= 4 is 28.8 Å². The van der Waals surface area contributed by atoms with E-state index in [1.807, 2.05) is 0 Å². The molecule has 0 aliphatic rings. The molecule has 0 bridgehead atoms. The van der Waals surface area contributed by atoms with Crippen molar-refractivity contribution in [3.63, 3.8) is 0 Å². The maximum atomic E-state index is 12.7. The summed E-state index contributed by atoms with van der Waals surface area (Å²) in [5.74, 6) is -1.41. The monoisotopic (exact) mass is 295 g/mol. The second-order valence-corrected chi connectivity index (χ2v) is 3.90. The summed E-state index contributed by atoms with van der Waals surface area (Å²) in [5, 5.41) is 8.80. The Morgan fingerprint density at radius 1 is 1.33 bits per heavy atom. The molecular weight excluding hydrogens is 290 g/mol. The van der Waals surface area contributed by atoms with Gasteiger partial charge in [0.15, 0.2) is 0 Å². The van der Waals surface area contributed by atoms with E-state index in [1.165, 1.54) is 24.3 Å². The lowest BCUT2D eigenvalue weighted by Crippen LogP contribution is -2.15. The Hall–Kier alpha value is -1.38. The SMILES string of the molecule is COC(=C(C#N)c1cccc(Cl)c1Cl)C(F)(F)F. The lowest BCUT2D eigenvalue weighted by molar-refractivity contribution is -0.124. The third kappa shape index (κ3) is 2.89. The Labute approximate surface area is 111 Å². The van der Waals surface area contributed by atoms with Gasteiger partial charge in [0, 0.05) is 5.56 Å². The van der Waals surface area contributed by atoms with E-state index in [1.54, 1.807) is 0 Å². The van der Waals surface area contributed by atoms with E-state index in [0.717, 1.165) is 7.11 Å². The Bertz CT molecular complexity index is 532. The minimum absolute atomic E-state index is 0.0551. The van der Waals surface area contributed by atoms with Crippen LogP contribution in [0.3, 0.4) is 0 Å². The standard InChI is InChI=1S/C11H6Cl2F3NO/c1-18-10(11(14,15)16)7(5-17)6-3-2-4-8(12)9(6)13/h2-4H,1H3. The lowest BCUT2D eigenvalue weighted by atomic mass is 10.1. The molecule has 2 nitrogen and oxygen atoms in total. The van der Waals surface area contributed by atoms with E-state index in [9.17, 15) is 13.2 Å². The molecule has 7 heteroatoms. The zero-order valence-electron chi connectivity index (χ0n) is 8.98. The van der Waals surface area contributed by atoms with Gasteiger partial charge >= 0.3 is 6.18 Å². The highest BCUT2D eigenvalue weighted by Crippen LogP contribution is 2.37.